The molecule has 0 aliphatic carbocycles. The SMILES string of the molecule is Cc1cc(C(O)C2CCCCN2)cs1. The van der Waals surface area contributed by atoms with Gasteiger partial charge < -0.3 is 10.4 Å². The van der Waals surface area contributed by atoms with Crippen LogP contribution in [0.25, 0.3) is 0 Å². The summed E-state index contributed by atoms with van der Waals surface area (Å²) in [6, 6.07) is 2.35. The Morgan fingerprint density at radius 3 is 3.00 bits per heavy atom. The van der Waals surface area contributed by atoms with Crippen molar-refractivity contribution in [2.45, 2.75) is 38.3 Å². The van der Waals surface area contributed by atoms with E-state index in [9.17, 15) is 5.11 Å². The molecule has 0 amide bonds. The minimum Gasteiger partial charge on any atom is -0.387 e. The second-order valence-corrected chi connectivity index (χ2v) is 5.11. The van der Waals surface area contributed by atoms with Gasteiger partial charge in [-0.15, -0.1) is 11.3 Å². The summed E-state index contributed by atoms with van der Waals surface area (Å²) in [4.78, 5) is 1.27. The number of nitrogens with one attached hydrogen (secondary N) is 1. The first-order valence-electron chi connectivity index (χ1n) is 5.24. The lowest BCUT2D eigenvalue weighted by Gasteiger charge is -2.27. The molecule has 0 spiro atoms. The number of rotatable bonds is 2. The average Bonchev–Trinajstić information content (AvgIpc) is 2.65. The Balaban J connectivity index is 2.03. The third-order valence-electron chi connectivity index (χ3n) is 2.82. The van der Waals surface area contributed by atoms with Gasteiger partial charge in [0.25, 0.3) is 0 Å². The van der Waals surface area contributed by atoms with E-state index in [-0.39, 0.29) is 12.1 Å². The zero-order chi connectivity index (χ0) is 9.97. The molecule has 2 N–H and O–H groups in total. The Morgan fingerprint density at radius 2 is 2.43 bits per heavy atom. The van der Waals surface area contributed by atoms with Gasteiger partial charge in [0.05, 0.1) is 6.10 Å². The lowest BCUT2D eigenvalue weighted by Crippen LogP contribution is -2.38. The van der Waals surface area contributed by atoms with Crippen LogP contribution in [0.15, 0.2) is 11.4 Å². The van der Waals surface area contributed by atoms with Crippen LogP contribution in [0, 0.1) is 6.92 Å². The first kappa shape index (κ1) is 10.1. The molecule has 1 fully saturated rings. The van der Waals surface area contributed by atoms with Gasteiger partial charge in [0.1, 0.15) is 0 Å². The normalized spacial score (nSPS) is 24.9. The molecule has 1 aromatic rings. The number of aliphatic hydroxyl groups is 1. The second kappa shape index (κ2) is 4.43. The average molecular weight is 211 g/mol. The first-order chi connectivity index (χ1) is 6.77. The van der Waals surface area contributed by atoms with Crippen molar-refractivity contribution in [3.8, 4) is 0 Å². The fourth-order valence-electron chi connectivity index (χ4n) is 2.00. The molecule has 0 saturated carbocycles. The van der Waals surface area contributed by atoms with Crippen molar-refractivity contribution in [1.29, 1.82) is 0 Å². The van der Waals surface area contributed by atoms with Gasteiger partial charge in [-0.05, 0) is 43.3 Å². The minimum atomic E-state index is -0.319. The van der Waals surface area contributed by atoms with Gasteiger partial charge in [-0.25, -0.2) is 0 Å². The zero-order valence-electron chi connectivity index (χ0n) is 8.49. The molecule has 2 heterocycles. The molecule has 1 aliphatic rings. The summed E-state index contributed by atoms with van der Waals surface area (Å²) >= 11 is 1.71. The first-order valence-corrected chi connectivity index (χ1v) is 6.12. The Morgan fingerprint density at radius 1 is 1.57 bits per heavy atom. The monoisotopic (exact) mass is 211 g/mol. The number of thiophene rings is 1. The molecule has 2 rings (SSSR count). The molecular formula is C11H17NOS. The topological polar surface area (TPSA) is 32.3 Å². The van der Waals surface area contributed by atoms with E-state index in [1.807, 2.05) is 0 Å². The maximum Gasteiger partial charge on any atom is 0.0951 e. The van der Waals surface area contributed by atoms with E-state index in [2.05, 4.69) is 23.7 Å². The van der Waals surface area contributed by atoms with Crippen LogP contribution in [0.5, 0.6) is 0 Å². The predicted molar refractivity (Wildman–Crippen MR) is 59.7 cm³/mol. The van der Waals surface area contributed by atoms with Crippen LogP contribution in [-0.4, -0.2) is 17.7 Å². The van der Waals surface area contributed by atoms with Crippen molar-refractivity contribution in [1.82, 2.24) is 5.32 Å². The molecule has 1 aliphatic heterocycles. The summed E-state index contributed by atoms with van der Waals surface area (Å²) in [6.07, 6.45) is 3.25. The highest BCUT2D eigenvalue weighted by atomic mass is 32.1. The van der Waals surface area contributed by atoms with E-state index in [1.54, 1.807) is 11.3 Å². The van der Waals surface area contributed by atoms with Crippen LogP contribution >= 0.6 is 11.3 Å². The van der Waals surface area contributed by atoms with Gasteiger partial charge in [0.15, 0.2) is 0 Å². The van der Waals surface area contributed by atoms with Gasteiger partial charge in [-0.2, -0.15) is 0 Å². The number of piperidine rings is 1. The number of aliphatic hydroxyl groups excluding tert-OH is 1. The van der Waals surface area contributed by atoms with Gasteiger partial charge >= 0.3 is 0 Å². The summed E-state index contributed by atoms with van der Waals surface area (Å²) in [5.74, 6) is 0. The zero-order valence-corrected chi connectivity index (χ0v) is 9.31. The molecule has 1 saturated heterocycles. The van der Waals surface area contributed by atoms with E-state index in [1.165, 1.54) is 17.7 Å². The summed E-state index contributed by atoms with van der Waals surface area (Å²) < 4.78 is 0. The standard InChI is InChI=1S/C11H17NOS/c1-8-6-9(7-14-8)11(13)10-4-2-3-5-12-10/h6-7,10-13H,2-5H2,1H3. The van der Waals surface area contributed by atoms with Crippen molar-refractivity contribution in [2.75, 3.05) is 6.54 Å². The molecule has 0 radical (unpaired) electrons. The Bertz CT molecular complexity index is 291. The third kappa shape index (κ3) is 2.16. The highest BCUT2D eigenvalue weighted by Crippen LogP contribution is 2.26. The molecule has 0 bridgehead atoms. The van der Waals surface area contributed by atoms with Crippen LogP contribution in [0.2, 0.25) is 0 Å². The largest absolute Gasteiger partial charge is 0.387 e. The highest BCUT2D eigenvalue weighted by molar-refractivity contribution is 7.10. The number of aryl methyl sites for hydroxylation is 1. The van der Waals surface area contributed by atoms with Crippen LogP contribution in [-0.2, 0) is 0 Å². The van der Waals surface area contributed by atoms with Crippen molar-refractivity contribution in [2.24, 2.45) is 0 Å². The highest BCUT2D eigenvalue weighted by Gasteiger charge is 2.22. The van der Waals surface area contributed by atoms with Gasteiger partial charge in [-0.1, -0.05) is 6.42 Å². The van der Waals surface area contributed by atoms with Gasteiger partial charge in [0, 0.05) is 10.9 Å². The maximum absolute atomic E-state index is 10.1. The molecular weight excluding hydrogens is 194 g/mol. The predicted octanol–water partition coefficient (Wildman–Crippen LogP) is 2.23. The Hall–Kier alpha value is -0.380. The number of hydrogen-bond acceptors (Lipinski definition) is 3. The third-order valence-corrected chi connectivity index (χ3v) is 3.70. The van der Waals surface area contributed by atoms with Crippen LogP contribution in [0.1, 0.15) is 35.8 Å². The summed E-state index contributed by atoms with van der Waals surface area (Å²) in [7, 11) is 0. The van der Waals surface area contributed by atoms with E-state index in [0.29, 0.717) is 0 Å². The minimum absolute atomic E-state index is 0.262. The van der Waals surface area contributed by atoms with Crippen molar-refractivity contribution < 1.29 is 5.11 Å². The molecule has 2 unspecified atom stereocenters. The lowest BCUT2D eigenvalue weighted by molar-refractivity contribution is 0.114. The molecule has 2 nitrogen and oxygen atoms in total. The summed E-state index contributed by atoms with van der Waals surface area (Å²) in [6.45, 7) is 3.13. The van der Waals surface area contributed by atoms with E-state index < -0.39 is 0 Å². The molecule has 78 valence electrons. The van der Waals surface area contributed by atoms with Crippen molar-refractivity contribution in [3.63, 3.8) is 0 Å². The number of hydrogen-bond donors (Lipinski definition) is 2. The fraction of sp³-hybridized carbons (Fsp3) is 0.636. The molecule has 3 heteroatoms. The second-order valence-electron chi connectivity index (χ2n) is 3.99. The quantitative estimate of drug-likeness (QED) is 0.786. The fourth-order valence-corrected chi connectivity index (χ4v) is 2.73. The van der Waals surface area contributed by atoms with E-state index in [4.69, 9.17) is 0 Å². The molecule has 1 aromatic heterocycles. The van der Waals surface area contributed by atoms with E-state index >= 15 is 0 Å². The summed E-state index contributed by atoms with van der Waals surface area (Å²) in [5.41, 5.74) is 1.08. The molecule has 14 heavy (non-hydrogen) atoms. The smallest absolute Gasteiger partial charge is 0.0951 e. The van der Waals surface area contributed by atoms with Gasteiger partial charge in [-0.3, -0.25) is 0 Å². The van der Waals surface area contributed by atoms with Crippen molar-refractivity contribution in [3.05, 3.63) is 21.9 Å². The Kier molecular flexibility index (Phi) is 3.21. The van der Waals surface area contributed by atoms with Crippen molar-refractivity contribution >= 4 is 11.3 Å². The molecule has 2 atom stereocenters. The maximum atomic E-state index is 10.1. The Labute approximate surface area is 89.0 Å². The lowest BCUT2D eigenvalue weighted by atomic mass is 9.96. The van der Waals surface area contributed by atoms with E-state index in [0.717, 1.165) is 18.5 Å². The summed E-state index contributed by atoms with van der Waals surface area (Å²) in [5, 5.41) is 15.5. The van der Waals surface area contributed by atoms with Crippen LogP contribution < -0.4 is 5.32 Å². The van der Waals surface area contributed by atoms with Gasteiger partial charge in [0.2, 0.25) is 0 Å². The molecule has 0 aromatic carbocycles. The van der Waals surface area contributed by atoms with Crippen LogP contribution in [0.4, 0.5) is 0 Å². The van der Waals surface area contributed by atoms with Crippen LogP contribution in [0.3, 0.4) is 0 Å².